The lowest BCUT2D eigenvalue weighted by molar-refractivity contribution is 0.0377. The lowest BCUT2D eigenvalue weighted by Gasteiger charge is -2.43. The Morgan fingerprint density at radius 2 is 1.76 bits per heavy atom. The number of alkyl carbamates (subject to hydrolysis) is 1. The van der Waals surface area contributed by atoms with Crippen LogP contribution < -0.4 is 16.2 Å². The SMILES string of the molecule is CCNc1nc2oc(-c3ccc(C4(NC(=O)OC(C)(C)C)CCC4)cc3)c(-c3ccccc3)c2c(=O)n1C. The maximum absolute atomic E-state index is 13.5. The monoisotopic (exact) mass is 514 g/mol. The molecule has 2 heterocycles. The average Bonchev–Trinajstić information content (AvgIpc) is 3.24. The molecule has 0 saturated heterocycles. The molecule has 198 valence electrons. The molecule has 4 aromatic rings. The fraction of sp³-hybridized carbons (Fsp3) is 0.367. The highest BCUT2D eigenvalue weighted by atomic mass is 16.6. The zero-order valence-electron chi connectivity index (χ0n) is 22.6. The number of aromatic nitrogens is 2. The van der Waals surface area contributed by atoms with Crippen LogP contribution >= 0.6 is 0 Å². The summed E-state index contributed by atoms with van der Waals surface area (Å²) < 4.78 is 13.3. The van der Waals surface area contributed by atoms with Crippen LogP contribution in [0.2, 0.25) is 0 Å². The van der Waals surface area contributed by atoms with Crippen LogP contribution in [0.5, 0.6) is 0 Å². The van der Waals surface area contributed by atoms with Gasteiger partial charge in [0, 0.05) is 24.7 Å². The average molecular weight is 515 g/mol. The van der Waals surface area contributed by atoms with Crippen molar-refractivity contribution in [3.63, 3.8) is 0 Å². The lowest BCUT2D eigenvalue weighted by atomic mass is 9.71. The van der Waals surface area contributed by atoms with Gasteiger partial charge in [-0.3, -0.25) is 9.36 Å². The molecule has 38 heavy (non-hydrogen) atoms. The van der Waals surface area contributed by atoms with Gasteiger partial charge in [0.1, 0.15) is 16.7 Å². The quantitative estimate of drug-likeness (QED) is 0.318. The van der Waals surface area contributed by atoms with E-state index in [0.29, 0.717) is 29.4 Å². The van der Waals surface area contributed by atoms with Gasteiger partial charge in [-0.1, -0.05) is 54.6 Å². The minimum absolute atomic E-state index is 0.175. The summed E-state index contributed by atoms with van der Waals surface area (Å²) in [5.74, 6) is 1.04. The number of anilines is 1. The molecule has 0 unspecified atom stereocenters. The number of ether oxygens (including phenoxy) is 1. The van der Waals surface area contributed by atoms with Crippen LogP contribution in [0.3, 0.4) is 0 Å². The van der Waals surface area contributed by atoms with Gasteiger partial charge < -0.3 is 19.8 Å². The maximum atomic E-state index is 13.5. The predicted molar refractivity (Wildman–Crippen MR) is 149 cm³/mol. The number of nitrogens with one attached hydrogen (secondary N) is 2. The fourth-order valence-electron chi connectivity index (χ4n) is 4.99. The number of amides is 1. The summed E-state index contributed by atoms with van der Waals surface area (Å²) in [6, 6.07) is 17.7. The lowest BCUT2D eigenvalue weighted by Crippen LogP contribution is -2.52. The molecular formula is C30H34N4O4. The van der Waals surface area contributed by atoms with Crippen LogP contribution in [0.25, 0.3) is 33.6 Å². The first-order valence-corrected chi connectivity index (χ1v) is 13.1. The van der Waals surface area contributed by atoms with E-state index in [1.807, 2.05) is 82.3 Å². The first kappa shape index (κ1) is 25.6. The van der Waals surface area contributed by atoms with Crippen molar-refractivity contribution in [1.82, 2.24) is 14.9 Å². The Labute approximate surface area is 222 Å². The van der Waals surface area contributed by atoms with E-state index in [2.05, 4.69) is 15.6 Å². The number of nitrogens with zero attached hydrogens (tertiary/aromatic N) is 2. The molecule has 0 aliphatic heterocycles. The standard InChI is InChI=1S/C30H34N4O4/c1-6-31-27-32-25-23(26(35)34(27)5)22(19-11-8-7-9-12-19)24(37-25)20-13-15-21(16-14-20)30(17-10-18-30)33-28(36)38-29(2,3)4/h7-9,11-16H,6,10,17-18H2,1-5H3,(H,31,32)(H,33,36). The van der Waals surface area contributed by atoms with E-state index in [1.165, 1.54) is 4.57 Å². The highest BCUT2D eigenvalue weighted by Crippen LogP contribution is 2.43. The van der Waals surface area contributed by atoms with Gasteiger partial charge in [-0.05, 0) is 58.1 Å². The van der Waals surface area contributed by atoms with Crippen molar-refractivity contribution in [2.24, 2.45) is 7.05 Å². The summed E-state index contributed by atoms with van der Waals surface area (Å²) in [6.45, 7) is 8.15. The van der Waals surface area contributed by atoms with Gasteiger partial charge in [-0.2, -0.15) is 4.98 Å². The van der Waals surface area contributed by atoms with Gasteiger partial charge in [-0.15, -0.1) is 0 Å². The molecule has 2 N–H and O–H groups in total. The summed E-state index contributed by atoms with van der Waals surface area (Å²) in [7, 11) is 1.71. The molecule has 1 fully saturated rings. The van der Waals surface area contributed by atoms with Gasteiger partial charge in [0.25, 0.3) is 5.56 Å². The van der Waals surface area contributed by atoms with Gasteiger partial charge in [0.15, 0.2) is 0 Å². The smallest absolute Gasteiger partial charge is 0.408 e. The van der Waals surface area contributed by atoms with Crippen molar-refractivity contribution in [2.75, 3.05) is 11.9 Å². The van der Waals surface area contributed by atoms with Crippen LogP contribution in [0.1, 0.15) is 52.5 Å². The number of furan rings is 1. The largest absolute Gasteiger partial charge is 0.444 e. The number of hydrogen-bond acceptors (Lipinski definition) is 6. The highest BCUT2D eigenvalue weighted by molar-refractivity contribution is 6.00. The Morgan fingerprint density at radius 3 is 2.34 bits per heavy atom. The van der Waals surface area contributed by atoms with Crippen LogP contribution in [0.15, 0.2) is 63.8 Å². The summed E-state index contributed by atoms with van der Waals surface area (Å²) in [4.78, 5) is 30.7. The van der Waals surface area contributed by atoms with Crippen LogP contribution in [0.4, 0.5) is 10.7 Å². The van der Waals surface area contributed by atoms with E-state index in [1.54, 1.807) is 7.05 Å². The second-order valence-electron chi connectivity index (χ2n) is 10.8. The molecule has 8 heteroatoms. The van der Waals surface area contributed by atoms with Gasteiger partial charge in [-0.25, -0.2) is 4.79 Å². The van der Waals surface area contributed by atoms with Crippen molar-refractivity contribution >= 4 is 23.1 Å². The van der Waals surface area contributed by atoms with E-state index in [0.717, 1.165) is 41.5 Å². The van der Waals surface area contributed by atoms with E-state index < -0.39 is 17.2 Å². The Bertz CT molecular complexity index is 1530. The van der Waals surface area contributed by atoms with Gasteiger partial charge in [0.2, 0.25) is 11.7 Å². The third-order valence-corrected chi connectivity index (χ3v) is 6.98. The number of fused-ring (bicyclic) bond motifs is 1. The Morgan fingerprint density at radius 1 is 1.08 bits per heavy atom. The van der Waals surface area contributed by atoms with Crippen molar-refractivity contribution in [1.29, 1.82) is 0 Å². The fourth-order valence-corrected chi connectivity index (χ4v) is 4.99. The van der Waals surface area contributed by atoms with Crippen molar-refractivity contribution in [2.45, 2.75) is 58.1 Å². The number of carbonyl (C=O) groups excluding carboxylic acids is 1. The summed E-state index contributed by atoms with van der Waals surface area (Å²) >= 11 is 0. The van der Waals surface area contributed by atoms with Crippen LogP contribution in [0, 0.1) is 0 Å². The van der Waals surface area contributed by atoms with E-state index in [4.69, 9.17) is 9.15 Å². The molecule has 1 aliphatic rings. The molecule has 2 aromatic heterocycles. The molecule has 0 spiro atoms. The summed E-state index contributed by atoms with van der Waals surface area (Å²) in [5, 5.41) is 6.68. The van der Waals surface area contributed by atoms with Crippen molar-refractivity contribution in [3.8, 4) is 22.5 Å². The molecule has 1 amide bonds. The van der Waals surface area contributed by atoms with Crippen LogP contribution in [-0.2, 0) is 17.3 Å². The zero-order chi connectivity index (χ0) is 27.1. The molecule has 2 aromatic carbocycles. The molecule has 0 atom stereocenters. The third-order valence-electron chi connectivity index (χ3n) is 6.98. The number of hydrogen-bond donors (Lipinski definition) is 2. The Kier molecular flexibility index (Phi) is 6.51. The van der Waals surface area contributed by atoms with E-state index in [-0.39, 0.29) is 5.56 Å². The second kappa shape index (κ2) is 9.67. The number of benzene rings is 2. The highest BCUT2D eigenvalue weighted by Gasteiger charge is 2.41. The molecule has 1 aliphatic carbocycles. The topological polar surface area (TPSA) is 98.4 Å². The summed E-state index contributed by atoms with van der Waals surface area (Å²) in [5.41, 5.74) is 2.54. The van der Waals surface area contributed by atoms with E-state index >= 15 is 0 Å². The van der Waals surface area contributed by atoms with Crippen LogP contribution in [-0.4, -0.2) is 27.8 Å². The van der Waals surface area contributed by atoms with Gasteiger partial charge >= 0.3 is 6.09 Å². The first-order chi connectivity index (χ1) is 18.1. The molecule has 0 radical (unpaired) electrons. The summed E-state index contributed by atoms with van der Waals surface area (Å²) in [6.07, 6.45) is 2.31. The van der Waals surface area contributed by atoms with E-state index in [9.17, 15) is 9.59 Å². The molecule has 5 rings (SSSR count). The minimum Gasteiger partial charge on any atom is -0.444 e. The minimum atomic E-state index is -0.564. The Balaban J connectivity index is 1.58. The first-order valence-electron chi connectivity index (χ1n) is 13.1. The predicted octanol–water partition coefficient (Wildman–Crippen LogP) is 6.20. The second-order valence-corrected chi connectivity index (χ2v) is 10.8. The normalized spacial score (nSPS) is 14.7. The molecular weight excluding hydrogens is 480 g/mol. The number of carbonyl (C=O) groups is 1. The number of rotatable bonds is 6. The van der Waals surface area contributed by atoms with Crippen molar-refractivity contribution < 1.29 is 13.9 Å². The molecule has 1 saturated carbocycles. The third kappa shape index (κ3) is 4.66. The van der Waals surface area contributed by atoms with Gasteiger partial charge in [0.05, 0.1) is 5.54 Å². The Hall–Kier alpha value is -4.07. The molecule has 0 bridgehead atoms. The molecule has 8 nitrogen and oxygen atoms in total. The maximum Gasteiger partial charge on any atom is 0.408 e. The van der Waals surface area contributed by atoms with Crippen molar-refractivity contribution in [3.05, 3.63) is 70.5 Å². The zero-order valence-corrected chi connectivity index (χ0v) is 22.6.